The molecule has 0 fully saturated rings. The fraction of sp³-hybridized carbons (Fsp3) is 0.364. The summed E-state index contributed by atoms with van der Waals surface area (Å²) in [6, 6.07) is 6.96. The third-order valence-corrected chi connectivity index (χ3v) is 7.54. The van der Waals surface area contributed by atoms with Gasteiger partial charge in [0.1, 0.15) is 16.2 Å². The molecule has 4 rings (SSSR count). The predicted molar refractivity (Wildman–Crippen MR) is 119 cm³/mol. The number of nitrogens with one attached hydrogen (secondary N) is 1. The van der Waals surface area contributed by atoms with Crippen LogP contribution < -0.4 is 5.32 Å². The molecule has 0 spiro atoms. The van der Waals surface area contributed by atoms with E-state index >= 15 is 0 Å². The van der Waals surface area contributed by atoms with Crippen molar-refractivity contribution in [3.63, 3.8) is 0 Å². The van der Waals surface area contributed by atoms with Crippen LogP contribution in [0, 0.1) is 5.92 Å². The molecule has 2 atom stereocenters. The molecule has 0 saturated heterocycles. The molecule has 0 unspecified atom stereocenters. The minimum absolute atomic E-state index is 0.00747. The van der Waals surface area contributed by atoms with Crippen LogP contribution >= 0.6 is 23.1 Å². The van der Waals surface area contributed by atoms with Crippen LogP contribution in [0.25, 0.3) is 10.2 Å². The van der Waals surface area contributed by atoms with Crippen molar-refractivity contribution in [2.75, 3.05) is 5.32 Å². The van der Waals surface area contributed by atoms with Crippen LogP contribution in [0.4, 0.5) is 5.69 Å². The number of thiophene rings is 1. The Morgan fingerprint density at radius 1 is 1.24 bits per heavy atom. The summed E-state index contributed by atoms with van der Waals surface area (Å²) in [5.74, 6) is 0.627. The second-order valence-corrected chi connectivity index (χ2v) is 10.0. The summed E-state index contributed by atoms with van der Waals surface area (Å²) in [5.41, 5.74) is 2.69. The molecular formula is C22H23N3O2S2. The molecule has 0 bridgehead atoms. The van der Waals surface area contributed by atoms with Crippen LogP contribution in [0.2, 0.25) is 0 Å². The van der Waals surface area contributed by atoms with Gasteiger partial charge in [-0.05, 0) is 68.9 Å². The normalized spacial score (nSPS) is 17.0. The minimum atomic E-state index is -0.307. The average molecular weight is 426 g/mol. The maximum Gasteiger partial charge on any atom is 0.237 e. The molecule has 1 aromatic carbocycles. The van der Waals surface area contributed by atoms with E-state index in [9.17, 15) is 9.59 Å². The van der Waals surface area contributed by atoms with Crippen molar-refractivity contribution in [1.29, 1.82) is 0 Å². The molecule has 2 aromatic heterocycles. The van der Waals surface area contributed by atoms with Crippen LogP contribution in [0.15, 0.2) is 35.6 Å². The topological polar surface area (TPSA) is 72.0 Å². The number of carbonyl (C=O) groups is 2. The lowest BCUT2D eigenvalue weighted by atomic mass is 9.89. The molecule has 3 aromatic rings. The van der Waals surface area contributed by atoms with E-state index < -0.39 is 0 Å². The fourth-order valence-corrected chi connectivity index (χ4v) is 5.95. The van der Waals surface area contributed by atoms with Gasteiger partial charge in [-0.25, -0.2) is 9.97 Å². The van der Waals surface area contributed by atoms with Crippen LogP contribution in [-0.4, -0.2) is 26.9 Å². The van der Waals surface area contributed by atoms with Gasteiger partial charge in [0.15, 0.2) is 5.78 Å². The Labute approximate surface area is 178 Å². The second-order valence-electron chi connectivity index (χ2n) is 7.59. The lowest BCUT2D eigenvalue weighted by molar-refractivity contribution is -0.115. The molecule has 7 heteroatoms. The second kappa shape index (κ2) is 8.24. The number of thioether (sulfide) groups is 1. The van der Waals surface area contributed by atoms with E-state index in [0.717, 1.165) is 28.1 Å². The van der Waals surface area contributed by atoms with Crippen LogP contribution in [0.5, 0.6) is 0 Å². The number of benzene rings is 1. The number of fused-ring (bicyclic) bond motifs is 3. The Morgan fingerprint density at radius 2 is 2.00 bits per heavy atom. The fourth-order valence-electron chi connectivity index (χ4n) is 3.59. The van der Waals surface area contributed by atoms with Crippen LogP contribution in [-0.2, 0) is 17.6 Å². The lowest BCUT2D eigenvalue weighted by Crippen LogP contribution is -2.22. The first kappa shape index (κ1) is 20.0. The number of ketones is 1. The van der Waals surface area contributed by atoms with Gasteiger partial charge in [0.2, 0.25) is 5.91 Å². The number of aromatic nitrogens is 2. The highest BCUT2D eigenvalue weighted by Crippen LogP contribution is 2.41. The molecular weight excluding hydrogens is 402 g/mol. The summed E-state index contributed by atoms with van der Waals surface area (Å²) in [7, 11) is 0. The van der Waals surface area contributed by atoms with Crippen LogP contribution in [0.3, 0.4) is 0 Å². The van der Waals surface area contributed by atoms with Gasteiger partial charge < -0.3 is 5.32 Å². The SMILES string of the molecule is CC(=O)c1ccc(NC(=O)[C@H](C)Sc2ncnc3sc4c(c23)CC[C@H](C)C4)cc1. The van der Waals surface area contributed by atoms with Crippen molar-refractivity contribution < 1.29 is 9.59 Å². The van der Waals surface area contributed by atoms with E-state index in [0.29, 0.717) is 17.2 Å². The van der Waals surface area contributed by atoms with Crippen molar-refractivity contribution >= 4 is 50.7 Å². The Bertz CT molecular complexity index is 1080. The summed E-state index contributed by atoms with van der Waals surface area (Å²) < 4.78 is 0. The van der Waals surface area contributed by atoms with Gasteiger partial charge in [-0.3, -0.25) is 9.59 Å². The number of aryl methyl sites for hydroxylation is 1. The highest BCUT2D eigenvalue weighted by atomic mass is 32.2. The molecule has 5 nitrogen and oxygen atoms in total. The number of anilines is 1. The van der Waals surface area contributed by atoms with Gasteiger partial charge in [0.25, 0.3) is 0 Å². The monoisotopic (exact) mass is 425 g/mol. The first-order chi connectivity index (χ1) is 13.9. The minimum Gasteiger partial charge on any atom is -0.325 e. The first-order valence-electron chi connectivity index (χ1n) is 9.76. The summed E-state index contributed by atoms with van der Waals surface area (Å²) in [6.45, 7) is 5.71. The largest absolute Gasteiger partial charge is 0.325 e. The summed E-state index contributed by atoms with van der Waals surface area (Å²) in [6.07, 6.45) is 4.94. The highest BCUT2D eigenvalue weighted by molar-refractivity contribution is 8.00. The van der Waals surface area contributed by atoms with E-state index in [-0.39, 0.29) is 16.9 Å². The molecule has 0 saturated carbocycles. The van der Waals surface area contributed by atoms with Gasteiger partial charge in [0, 0.05) is 21.5 Å². The van der Waals surface area contributed by atoms with Crippen molar-refractivity contribution in [2.45, 2.75) is 50.3 Å². The van der Waals surface area contributed by atoms with Gasteiger partial charge in [-0.15, -0.1) is 11.3 Å². The molecule has 1 aliphatic carbocycles. The summed E-state index contributed by atoms with van der Waals surface area (Å²) >= 11 is 3.24. The molecule has 1 amide bonds. The standard InChI is InChI=1S/C22H23N3O2S2/c1-12-4-9-17-18(10-12)29-22-19(17)21(23-11-24-22)28-14(3)20(27)25-16-7-5-15(6-8-16)13(2)26/h5-8,11-12,14H,4,9-10H2,1-3H3,(H,25,27)/t12-,14-/m0/s1. The lowest BCUT2D eigenvalue weighted by Gasteiger charge is -2.18. The number of Topliss-reactive ketones (excluding diaryl/α,β-unsaturated/α-hetero) is 1. The van der Waals surface area contributed by atoms with E-state index in [1.807, 2.05) is 6.92 Å². The molecule has 0 aliphatic heterocycles. The Balaban J connectivity index is 1.52. The zero-order chi connectivity index (χ0) is 20.5. The number of hydrogen-bond acceptors (Lipinski definition) is 6. The van der Waals surface area contributed by atoms with Crippen molar-refractivity contribution in [2.24, 2.45) is 5.92 Å². The number of amides is 1. The maximum absolute atomic E-state index is 12.7. The molecule has 2 heterocycles. The third-order valence-electron chi connectivity index (χ3n) is 5.27. The van der Waals surface area contributed by atoms with Crippen LogP contribution in [0.1, 0.15) is 48.0 Å². The molecule has 29 heavy (non-hydrogen) atoms. The highest BCUT2D eigenvalue weighted by Gasteiger charge is 2.25. The van der Waals surface area contributed by atoms with Crippen molar-refractivity contribution in [3.05, 3.63) is 46.6 Å². The van der Waals surface area contributed by atoms with Gasteiger partial charge >= 0.3 is 0 Å². The molecule has 1 aliphatic rings. The maximum atomic E-state index is 12.7. The number of carbonyl (C=O) groups excluding carboxylic acids is 2. The summed E-state index contributed by atoms with van der Waals surface area (Å²) in [5, 5.41) is 4.64. The van der Waals surface area contributed by atoms with Gasteiger partial charge in [-0.2, -0.15) is 0 Å². The van der Waals surface area contributed by atoms with E-state index in [2.05, 4.69) is 22.2 Å². The van der Waals surface area contributed by atoms with E-state index in [4.69, 9.17) is 0 Å². The molecule has 0 radical (unpaired) electrons. The zero-order valence-corrected chi connectivity index (χ0v) is 18.3. The number of nitrogens with zero attached hydrogens (tertiary/aromatic N) is 2. The molecule has 1 N–H and O–H groups in total. The number of hydrogen-bond donors (Lipinski definition) is 1. The zero-order valence-electron chi connectivity index (χ0n) is 16.7. The van der Waals surface area contributed by atoms with Gasteiger partial charge in [0.05, 0.1) is 5.25 Å². The summed E-state index contributed by atoms with van der Waals surface area (Å²) in [4.78, 5) is 35.5. The third kappa shape index (κ3) is 4.21. The quantitative estimate of drug-likeness (QED) is 0.348. The Hall–Kier alpha value is -2.25. The Morgan fingerprint density at radius 3 is 2.72 bits per heavy atom. The van der Waals surface area contributed by atoms with Crippen molar-refractivity contribution in [1.82, 2.24) is 9.97 Å². The smallest absolute Gasteiger partial charge is 0.237 e. The first-order valence-corrected chi connectivity index (χ1v) is 11.5. The average Bonchev–Trinajstić information content (AvgIpc) is 3.06. The van der Waals surface area contributed by atoms with E-state index in [1.165, 1.54) is 35.5 Å². The van der Waals surface area contributed by atoms with Crippen molar-refractivity contribution in [3.8, 4) is 0 Å². The van der Waals surface area contributed by atoms with E-state index in [1.54, 1.807) is 41.9 Å². The Kier molecular flexibility index (Phi) is 5.69. The molecule has 150 valence electrons. The predicted octanol–water partition coefficient (Wildman–Crippen LogP) is 5.14. The van der Waals surface area contributed by atoms with Gasteiger partial charge in [-0.1, -0.05) is 18.7 Å². The number of rotatable bonds is 5.